The molecule has 0 saturated carbocycles. The highest BCUT2D eigenvalue weighted by atomic mass is 35.5. The summed E-state index contributed by atoms with van der Waals surface area (Å²) in [5.74, 6) is 0. The van der Waals surface area contributed by atoms with E-state index in [1.54, 1.807) is 6.26 Å². The van der Waals surface area contributed by atoms with E-state index in [1.807, 2.05) is 29.3 Å². The van der Waals surface area contributed by atoms with Crippen LogP contribution >= 0.6 is 11.6 Å². The van der Waals surface area contributed by atoms with Crippen LogP contribution in [0, 0.1) is 0 Å². The quantitative estimate of drug-likeness (QED) is 0.806. The van der Waals surface area contributed by atoms with Crippen molar-refractivity contribution >= 4 is 29.3 Å². The number of nitrogens with one attached hydrogen (secondary N) is 1. The molecule has 1 saturated heterocycles. The van der Waals surface area contributed by atoms with Crippen molar-refractivity contribution in [3.05, 3.63) is 35.6 Å². The second-order valence-electron chi connectivity index (χ2n) is 3.95. The first kappa shape index (κ1) is 12.9. The lowest BCUT2D eigenvalue weighted by Gasteiger charge is -2.23. The van der Waals surface area contributed by atoms with Crippen molar-refractivity contribution < 1.29 is 4.42 Å². The Labute approximate surface area is 111 Å². The molecule has 1 N–H and O–H groups in total. The molecule has 3 rings (SSSR count). The molecular weight excluding hydrogens is 250 g/mol. The number of furan rings is 1. The summed E-state index contributed by atoms with van der Waals surface area (Å²) >= 11 is 5.73. The number of benzene rings is 1. The Hall–Kier alpha value is -1.52. The number of fused-ring (bicyclic) bond motifs is 1. The lowest BCUT2D eigenvalue weighted by atomic mass is 10.3. The fraction of sp³-hybridized carbons (Fsp3) is 0.308. The summed E-state index contributed by atoms with van der Waals surface area (Å²) in [6.45, 7) is 7.52. The van der Waals surface area contributed by atoms with Crippen molar-refractivity contribution in [2.24, 2.45) is 5.10 Å². The molecule has 4 nitrogen and oxygen atoms in total. The second-order valence-corrected chi connectivity index (χ2v) is 4.38. The van der Waals surface area contributed by atoms with Gasteiger partial charge in [-0.15, -0.1) is 0 Å². The molecular formula is C13H16ClN3O. The molecule has 18 heavy (non-hydrogen) atoms. The van der Waals surface area contributed by atoms with Gasteiger partial charge in [0.25, 0.3) is 0 Å². The average Bonchev–Trinajstić information content (AvgIpc) is 2.87. The number of hydrazone groups is 1. The summed E-state index contributed by atoms with van der Waals surface area (Å²) in [6.07, 6.45) is 1.65. The van der Waals surface area contributed by atoms with E-state index in [1.165, 1.54) is 0 Å². The number of nitrogens with zero attached hydrogens (tertiary/aromatic N) is 2. The van der Waals surface area contributed by atoms with E-state index in [2.05, 4.69) is 17.1 Å². The summed E-state index contributed by atoms with van der Waals surface area (Å²) < 4.78 is 5.11. The maximum atomic E-state index is 5.73. The lowest BCUT2D eigenvalue weighted by molar-refractivity contribution is 0.254. The van der Waals surface area contributed by atoms with Crippen molar-refractivity contribution in [2.75, 3.05) is 26.2 Å². The fourth-order valence-corrected chi connectivity index (χ4v) is 1.91. The molecule has 5 heteroatoms. The van der Waals surface area contributed by atoms with Crippen LogP contribution in [-0.4, -0.2) is 37.9 Å². The van der Waals surface area contributed by atoms with Crippen LogP contribution in [0.15, 0.2) is 40.0 Å². The number of hydrogen-bond acceptors (Lipinski definition) is 4. The smallest absolute Gasteiger partial charge is 0.133 e. The molecule has 0 spiro atoms. The van der Waals surface area contributed by atoms with Gasteiger partial charge in [0.1, 0.15) is 5.58 Å². The number of hydrogen-bond donors (Lipinski definition) is 1. The first-order valence-corrected chi connectivity index (χ1v) is 6.22. The number of rotatable bonds is 1. The van der Waals surface area contributed by atoms with Crippen LogP contribution in [0.25, 0.3) is 11.0 Å². The highest BCUT2D eigenvalue weighted by Crippen LogP contribution is 2.19. The lowest BCUT2D eigenvalue weighted by Crippen LogP contribution is -2.40. The van der Waals surface area contributed by atoms with E-state index in [0.29, 0.717) is 0 Å². The van der Waals surface area contributed by atoms with Gasteiger partial charge in [-0.05, 0) is 24.3 Å². The van der Waals surface area contributed by atoms with Crippen molar-refractivity contribution in [2.45, 2.75) is 0 Å². The number of halogens is 1. The molecule has 0 amide bonds. The van der Waals surface area contributed by atoms with Crippen LogP contribution < -0.4 is 5.32 Å². The largest absolute Gasteiger partial charge is 0.464 e. The Balaban J connectivity index is 0.000000138. The zero-order valence-electron chi connectivity index (χ0n) is 10.1. The SMILES string of the molecule is C=NN1CCNCC1.Clc1ccc2occc2c1. The predicted molar refractivity (Wildman–Crippen MR) is 75.2 cm³/mol. The van der Waals surface area contributed by atoms with Gasteiger partial charge < -0.3 is 9.73 Å². The standard InChI is InChI=1S/C8H5ClO.C5H11N3/c9-7-1-2-8-6(5-7)3-4-10-8;1-6-8-4-2-7-3-5-8/h1-5H;7H,1-5H2. The first-order chi connectivity index (χ1) is 8.79. The molecule has 96 valence electrons. The predicted octanol–water partition coefficient (Wildman–Crippen LogP) is 2.59. The highest BCUT2D eigenvalue weighted by molar-refractivity contribution is 6.31. The third-order valence-corrected chi connectivity index (χ3v) is 2.94. The van der Waals surface area contributed by atoms with Crippen LogP contribution in [0.1, 0.15) is 0 Å². The van der Waals surface area contributed by atoms with E-state index >= 15 is 0 Å². The molecule has 0 bridgehead atoms. The van der Waals surface area contributed by atoms with Crippen LogP contribution in [0.5, 0.6) is 0 Å². The van der Waals surface area contributed by atoms with E-state index in [9.17, 15) is 0 Å². The van der Waals surface area contributed by atoms with Crippen LogP contribution in [-0.2, 0) is 0 Å². The molecule has 0 unspecified atom stereocenters. The van der Waals surface area contributed by atoms with E-state index < -0.39 is 0 Å². The van der Waals surface area contributed by atoms with E-state index in [4.69, 9.17) is 16.0 Å². The molecule has 0 atom stereocenters. The zero-order valence-corrected chi connectivity index (χ0v) is 10.9. The second kappa shape index (κ2) is 6.42. The molecule has 2 heterocycles. The summed E-state index contributed by atoms with van der Waals surface area (Å²) in [5.41, 5.74) is 0.879. The Kier molecular flexibility index (Phi) is 4.61. The monoisotopic (exact) mass is 265 g/mol. The third-order valence-electron chi connectivity index (χ3n) is 2.71. The summed E-state index contributed by atoms with van der Waals surface area (Å²) in [6, 6.07) is 7.44. The Morgan fingerprint density at radius 1 is 1.28 bits per heavy atom. The van der Waals surface area contributed by atoms with Gasteiger partial charge in [-0.1, -0.05) is 11.6 Å². The van der Waals surface area contributed by atoms with Gasteiger partial charge in [-0.2, -0.15) is 5.10 Å². The summed E-state index contributed by atoms with van der Waals surface area (Å²) in [7, 11) is 0. The van der Waals surface area contributed by atoms with E-state index in [-0.39, 0.29) is 0 Å². The Morgan fingerprint density at radius 3 is 2.72 bits per heavy atom. The average molecular weight is 266 g/mol. The van der Waals surface area contributed by atoms with Gasteiger partial charge in [0.05, 0.1) is 6.26 Å². The van der Waals surface area contributed by atoms with Crippen LogP contribution in [0.2, 0.25) is 5.02 Å². The van der Waals surface area contributed by atoms with Gasteiger partial charge in [0.15, 0.2) is 0 Å². The van der Waals surface area contributed by atoms with Crippen LogP contribution in [0.4, 0.5) is 0 Å². The zero-order chi connectivity index (χ0) is 12.8. The normalized spacial score (nSPS) is 15.1. The molecule has 1 aromatic carbocycles. The summed E-state index contributed by atoms with van der Waals surface area (Å²) in [4.78, 5) is 0. The first-order valence-electron chi connectivity index (χ1n) is 5.84. The Bertz CT molecular complexity index is 506. The minimum absolute atomic E-state index is 0.744. The maximum Gasteiger partial charge on any atom is 0.133 e. The minimum atomic E-state index is 0.744. The van der Waals surface area contributed by atoms with Crippen LogP contribution in [0.3, 0.4) is 0 Å². The number of piperazine rings is 1. The Morgan fingerprint density at radius 2 is 2.06 bits per heavy atom. The molecule has 2 aromatic rings. The van der Waals surface area contributed by atoms with Crippen molar-refractivity contribution in [3.63, 3.8) is 0 Å². The van der Waals surface area contributed by atoms with Gasteiger partial charge in [0, 0.05) is 43.3 Å². The topological polar surface area (TPSA) is 40.8 Å². The fourth-order valence-electron chi connectivity index (χ4n) is 1.73. The van der Waals surface area contributed by atoms with Crippen molar-refractivity contribution in [1.82, 2.24) is 10.3 Å². The maximum absolute atomic E-state index is 5.73. The molecule has 1 aliphatic heterocycles. The van der Waals surface area contributed by atoms with Crippen molar-refractivity contribution in [1.29, 1.82) is 0 Å². The molecule has 1 aliphatic rings. The molecule has 0 radical (unpaired) electrons. The summed E-state index contributed by atoms with van der Waals surface area (Å²) in [5, 5.41) is 10.8. The highest BCUT2D eigenvalue weighted by Gasteiger charge is 2.03. The van der Waals surface area contributed by atoms with Crippen molar-refractivity contribution in [3.8, 4) is 0 Å². The molecule has 1 aromatic heterocycles. The van der Waals surface area contributed by atoms with E-state index in [0.717, 1.165) is 42.2 Å². The van der Waals surface area contributed by atoms with Gasteiger partial charge >= 0.3 is 0 Å². The third kappa shape index (κ3) is 3.48. The van der Waals surface area contributed by atoms with Gasteiger partial charge in [-0.3, -0.25) is 5.01 Å². The van der Waals surface area contributed by atoms with Gasteiger partial charge in [-0.25, -0.2) is 0 Å². The molecule has 0 aliphatic carbocycles. The van der Waals surface area contributed by atoms with Gasteiger partial charge in [0.2, 0.25) is 0 Å². The minimum Gasteiger partial charge on any atom is -0.464 e. The molecule has 1 fully saturated rings.